The van der Waals surface area contributed by atoms with Crippen molar-refractivity contribution in [1.29, 1.82) is 0 Å². The van der Waals surface area contributed by atoms with Crippen LogP contribution in [0.2, 0.25) is 0 Å². The number of anilines is 3. The molecule has 2 heterocycles. The van der Waals surface area contributed by atoms with Crippen molar-refractivity contribution in [2.45, 2.75) is 0 Å². The van der Waals surface area contributed by atoms with Crippen molar-refractivity contribution in [3.63, 3.8) is 0 Å². The van der Waals surface area contributed by atoms with Gasteiger partial charge in [-0.2, -0.15) is 0 Å². The average molecular weight is 829 g/mol. The van der Waals surface area contributed by atoms with E-state index in [-0.39, 0.29) is 0 Å². The van der Waals surface area contributed by atoms with Gasteiger partial charge in [0.25, 0.3) is 0 Å². The summed E-state index contributed by atoms with van der Waals surface area (Å²) < 4.78 is 8.91. The first-order valence-corrected chi connectivity index (χ1v) is 22.2. The minimum absolute atomic E-state index is 0.901. The Balaban J connectivity index is 0.981. The van der Waals surface area contributed by atoms with Crippen molar-refractivity contribution in [3.05, 3.63) is 243 Å². The fraction of sp³-hybridized carbons (Fsp3) is 0. The van der Waals surface area contributed by atoms with E-state index in [1.807, 2.05) is 12.1 Å². The Kier molecular flexibility index (Phi) is 8.53. The molecule has 3 nitrogen and oxygen atoms in total. The Morgan fingerprint density at radius 2 is 0.923 bits per heavy atom. The van der Waals surface area contributed by atoms with Crippen LogP contribution in [0.15, 0.2) is 247 Å². The smallest absolute Gasteiger partial charge is 0.143 e. The second-order valence-electron chi connectivity index (χ2n) is 16.8. The number of nitrogens with zero attached hydrogens (tertiary/aromatic N) is 2. The molecule has 0 N–H and O–H groups in total. The maximum atomic E-state index is 6.47. The molecule has 0 atom stereocenters. The van der Waals surface area contributed by atoms with Crippen LogP contribution in [0.4, 0.5) is 17.1 Å². The highest BCUT2D eigenvalue weighted by Gasteiger charge is 2.21. The molecule has 0 amide bonds. The van der Waals surface area contributed by atoms with Crippen LogP contribution in [0, 0.1) is 0 Å². The summed E-state index contributed by atoms with van der Waals surface area (Å²) in [7, 11) is 0. The van der Waals surface area contributed by atoms with Crippen molar-refractivity contribution >= 4 is 82.4 Å². The molecule has 2 aromatic heterocycles. The molecule has 0 saturated carbocycles. The minimum atomic E-state index is 0.901. The molecule has 0 spiro atoms. The summed E-state index contributed by atoms with van der Waals surface area (Å²) in [5, 5.41) is 9.74. The lowest BCUT2D eigenvalue weighted by Gasteiger charge is -2.26. The molecule has 3 heteroatoms. The molecule has 0 radical (unpaired) electrons. The van der Waals surface area contributed by atoms with E-state index in [2.05, 4.69) is 240 Å². The van der Waals surface area contributed by atoms with Crippen LogP contribution in [-0.2, 0) is 0 Å². The van der Waals surface area contributed by atoms with Gasteiger partial charge in [0.1, 0.15) is 11.2 Å². The maximum Gasteiger partial charge on any atom is 0.143 e. The Bertz CT molecular complexity index is 3930. The van der Waals surface area contributed by atoms with E-state index in [4.69, 9.17) is 4.42 Å². The van der Waals surface area contributed by atoms with E-state index in [0.29, 0.717) is 0 Å². The number of aromatic nitrogens is 1. The zero-order chi connectivity index (χ0) is 42.8. The third-order valence-electron chi connectivity index (χ3n) is 13.2. The molecule has 13 rings (SSSR count). The summed E-state index contributed by atoms with van der Waals surface area (Å²) in [5.41, 5.74) is 15.5. The molecule has 0 saturated heterocycles. The van der Waals surface area contributed by atoms with E-state index in [1.165, 1.54) is 65.6 Å². The molecule has 0 bridgehead atoms. The molecular formula is C62H40N2O. The van der Waals surface area contributed by atoms with Crippen molar-refractivity contribution in [1.82, 2.24) is 4.57 Å². The van der Waals surface area contributed by atoms with Gasteiger partial charge in [0.15, 0.2) is 0 Å². The molecule has 11 aromatic carbocycles. The number of hydrogen-bond donors (Lipinski definition) is 0. The summed E-state index contributed by atoms with van der Waals surface area (Å²) in [4.78, 5) is 2.37. The van der Waals surface area contributed by atoms with Gasteiger partial charge in [-0.25, -0.2) is 0 Å². The topological polar surface area (TPSA) is 21.3 Å². The summed E-state index contributed by atoms with van der Waals surface area (Å²) in [6, 6.07) is 87.7. The molecule has 0 unspecified atom stereocenters. The van der Waals surface area contributed by atoms with Gasteiger partial charge in [-0.05, 0) is 110 Å². The van der Waals surface area contributed by atoms with Gasteiger partial charge in [-0.15, -0.1) is 0 Å². The third kappa shape index (κ3) is 6.05. The highest BCUT2D eigenvalue weighted by molar-refractivity contribution is 6.26. The molecule has 0 aliphatic carbocycles. The van der Waals surface area contributed by atoms with Crippen LogP contribution in [0.1, 0.15) is 0 Å². The van der Waals surface area contributed by atoms with Gasteiger partial charge in [0, 0.05) is 49.9 Å². The number of hydrogen-bond acceptors (Lipinski definition) is 2. The van der Waals surface area contributed by atoms with Crippen LogP contribution >= 0.6 is 0 Å². The second kappa shape index (κ2) is 15.0. The zero-order valence-electron chi connectivity index (χ0n) is 35.4. The van der Waals surface area contributed by atoms with E-state index < -0.39 is 0 Å². The van der Waals surface area contributed by atoms with Crippen molar-refractivity contribution in [3.8, 4) is 39.1 Å². The molecule has 304 valence electrons. The van der Waals surface area contributed by atoms with E-state index in [9.17, 15) is 0 Å². The monoisotopic (exact) mass is 828 g/mol. The van der Waals surface area contributed by atoms with Crippen molar-refractivity contribution in [2.75, 3.05) is 4.90 Å². The number of fused-ring (bicyclic) bond motifs is 9. The Labute approximate surface area is 376 Å². The molecule has 65 heavy (non-hydrogen) atoms. The SMILES string of the molecule is c1ccc(-c2ccc(N(c3ccc(-c4cccc5c4oc4ccccc45)cc3)c3cccc(-n4c5ccccc5c5c6c(-c7cccc8ccccc78)cccc6ccc54)c3)cc2)cc1. The highest BCUT2D eigenvalue weighted by atomic mass is 16.3. The van der Waals surface area contributed by atoms with E-state index in [0.717, 1.165) is 55.8 Å². The second-order valence-corrected chi connectivity index (χ2v) is 16.8. The van der Waals surface area contributed by atoms with Gasteiger partial charge in [0.2, 0.25) is 0 Å². The van der Waals surface area contributed by atoms with Gasteiger partial charge in [0.05, 0.1) is 11.0 Å². The van der Waals surface area contributed by atoms with Gasteiger partial charge >= 0.3 is 0 Å². The maximum absolute atomic E-state index is 6.47. The third-order valence-corrected chi connectivity index (χ3v) is 13.2. The van der Waals surface area contributed by atoms with Crippen LogP contribution in [0.3, 0.4) is 0 Å². The summed E-state index contributed by atoms with van der Waals surface area (Å²) in [6.07, 6.45) is 0. The number of benzene rings is 11. The zero-order valence-corrected chi connectivity index (χ0v) is 35.4. The predicted molar refractivity (Wildman–Crippen MR) is 274 cm³/mol. The van der Waals surface area contributed by atoms with Crippen LogP contribution in [0.5, 0.6) is 0 Å². The van der Waals surface area contributed by atoms with Crippen LogP contribution < -0.4 is 4.90 Å². The average Bonchev–Trinajstić information content (AvgIpc) is 3.93. The first-order valence-electron chi connectivity index (χ1n) is 22.2. The molecule has 13 aromatic rings. The lowest BCUT2D eigenvalue weighted by molar-refractivity contribution is 0.670. The summed E-state index contributed by atoms with van der Waals surface area (Å²) >= 11 is 0. The van der Waals surface area contributed by atoms with Crippen molar-refractivity contribution < 1.29 is 4.42 Å². The number of rotatable bonds is 7. The minimum Gasteiger partial charge on any atom is -0.455 e. The normalized spacial score (nSPS) is 11.7. The number of para-hydroxylation sites is 3. The molecule has 0 fully saturated rings. The van der Waals surface area contributed by atoms with E-state index >= 15 is 0 Å². The fourth-order valence-corrected chi connectivity index (χ4v) is 10.2. The molecule has 0 aliphatic heterocycles. The van der Waals surface area contributed by atoms with Crippen molar-refractivity contribution in [2.24, 2.45) is 0 Å². The predicted octanol–water partition coefficient (Wildman–Crippen LogP) is 17.5. The standard InChI is InChI=1S/C62H40N2O/c1-2-14-41(15-3-1)42-30-35-46(36-31-42)63(47-37-32-44(33-38-47)51-24-13-27-55-53-22-7-9-29-59(53)65-62(51)55)48-19-12-20-49(40-48)64-57-28-8-6-23-56(57)61-58(64)39-34-45-18-11-26-54(60(45)61)52-25-10-17-43-16-4-5-21-50(43)52/h1-40H. The Morgan fingerprint density at radius 3 is 1.75 bits per heavy atom. The molecule has 0 aliphatic rings. The quantitative estimate of drug-likeness (QED) is 0.160. The fourth-order valence-electron chi connectivity index (χ4n) is 10.2. The lowest BCUT2D eigenvalue weighted by Crippen LogP contribution is -2.10. The first-order chi connectivity index (χ1) is 32.2. The summed E-state index contributed by atoms with van der Waals surface area (Å²) in [5.74, 6) is 0. The van der Waals surface area contributed by atoms with Crippen LogP contribution in [-0.4, -0.2) is 4.57 Å². The van der Waals surface area contributed by atoms with Gasteiger partial charge in [-0.3, -0.25) is 0 Å². The summed E-state index contributed by atoms with van der Waals surface area (Å²) in [6.45, 7) is 0. The Morgan fingerprint density at radius 1 is 0.323 bits per heavy atom. The van der Waals surface area contributed by atoms with E-state index in [1.54, 1.807) is 0 Å². The first kappa shape index (κ1) is 36.9. The highest BCUT2D eigenvalue weighted by Crippen LogP contribution is 2.44. The van der Waals surface area contributed by atoms with Gasteiger partial charge in [-0.1, -0.05) is 182 Å². The van der Waals surface area contributed by atoms with Gasteiger partial charge < -0.3 is 13.9 Å². The Hall–Kier alpha value is -8.66. The van der Waals surface area contributed by atoms with Crippen LogP contribution in [0.25, 0.3) is 104 Å². The number of furan rings is 1. The lowest BCUT2D eigenvalue weighted by atomic mass is 9.92. The largest absolute Gasteiger partial charge is 0.455 e. The molecular weight excluding hydrogens is 789 g/mol.